The summed E-state index contributed by atoms with van der Waals surface area (Å²) in [6.07, 6.45) is 0. The molecule has 2 aromatic carbocycles. The number of anilines is 1. The normalized spacial score (nSPS) is 11.2. The van der Waals surface area contributed by atoms with E-state index in [1.54, 1.807) is 19.1 Å². The number of amides is 1. The number of carbonyl (C=O) groups is 2. The zero-order valence-corrected chi connectivity index (χ0v) is 20.1. The van der Waals surface area contributed by atoms with E-state index in [0.29, 0.717) is 26.9 Å². The minimum atomic E-state index is -0.493. The molecule has 0 saturated carbocycles. The molecule has 0 aliphatic carbocycles. The predicted octanol–water partition coefficient (Wildman–Crippen LogP) is 6.56. The van der Waals surface area contributed by atoms with Crippen molar-refractivity contribution in [3.8, 4) is 16.9 Å². The first-order valence-electron chi connectivity index (χ1n) is 10.3. The molecule has 0 fully saturated rings. The number of hydrogen-bond acceptors (Lipinski definition) is 5. The Hall–Kier alpha value is -2.83. The summed E-state index contributed by atoms with van der Waals surface area (Å²) >= 11 is 7.24. The van der Waals surface area contributed by atoms with Crippen molar-refractivity contribution in [2.75, 3.05) is 18.5 Å². The Labute approximate surface area is 197 Å². The van der Waals surface area contributed by atoms with Crippen molar-refractivity contribution in [2.24, 2.45) is 0 Å². The lowest BCUT2D eigenvalue weighted by atomic mass is 9.87. The van der Waals surface area contributed by atoms with Crippen LogP contribution in [0.25, 0.3) is 11.1 Å². The van der Waals surface area contributed by atoms with Gasteiger partial charge in [-0.15, -0.1) is 11.3 Å². The Balaban J connectivity index is 1.74. The number of esters is 1. The van der Waals surface area contributed by atoms with Crippen molar-refractivity contribution in [1.82, 2.24) is 0 Å². The maximum absolute atomic E-state index is 12.6. The van der Waals surface area contributed by atoms with Gasteiger partial charge in [-0.1, -0.05) is 56.6 Å². The van der Waals surface area contributed by atoms with Crippen molar-refractivity contribution < 1.29 is 19.1 Å². The highest BCUT2D eigenvalue weighted by Crippen LogP contribution is 2.36. The first-order valence-corrected chi connectivity index (χ1v) is 11.5. The van der Waals surface area contributed by atoms with E-state index >= 15 is 0 Å². The van der Waals surface area contributed by atoms with E-state index < -0.39 is 5.97 Å². The lowest BCUT2D eigenvalue weighted by molar-refractivity contribution is -0.118. The zero-order chi connectivity index (χ0) is 23.3. The van der Waals surface area contributed by atoms with Gasteiger partial charge in [0.1, 0.15) is 16.3 Å². The molecule has 1 amide bonds. The second kappa shape index (κ2) is 10.2. The van der Waals surface area contributed by atoms with Gasteiger partial charge in [0.2, 0.25) is 0 Å². The van der Waals surface area contributed by atoms with Gasteiger partial charge >= 0.3 is 5.97 Å². The van der Waals surface area contributed by atoms with Crippen LogP contribution in [-0.4, -0.2) is 25.1 Å². The Morgan fingerprint density at radius 1 is 1.03 bits per heavy atom. The molecule has 7 heteroatoms. The third-order valence-corrected chi connectivity index (χ3v) is 5.92. The SMILES string of the molecule is CCOC(=O)c1c(-c2ccc(Cl)cc2)csc1NC(=O)COc1ccc(C(C)(C)C)cc1. The molecule has 5 nitrogen and oxygen atoms in total. The summed E-state index contributed by atoms with van der Waals surface area (Å²) in [6.45, 7) is 8.20. The molecular formula is C25H26ClNO4S. The highest BCUT2D eigenvalue weighted by atomic mass is 35.5. The number of benzene rings is 2. The van der Waals surface area contributed by atoms with Crippen LogP contribution >= 0.6 is 22.9 Å². The Bertz CT molecular complexity index is 1080. The summed E-state index contributed by atoms with van der Waals surface area (Å²) in [5, 5.41) is 5.62. The molecule has 0 bridgehead atoms. The minimum absolute atomic E-state index is 0.0420. The van der Waals surface area contributed by atoms with E-state index in [0.717, 1.165) is 5.56 Å². The van der Waals surface area contributed by atoms with Crippen LogP contribution in [0.2, 0.25) is 5.02 Å². The van der Waals surface area contributed by atoms with Gasteiger partial charge in [-0.25, -0.2) is 4.79 Å². The first kappa shape index (κ1) is 23.8. The summed E-state index contributed by atoms with van der Waals surface area (Å²) < 4.78 is 10.8. The van der Waals surface area contributed by atoms with E-state index in [1.807, 2.05) is 41.8 Å². The van der Waals surface area contributed by atoms with Gasteiger partial charge < -0.3 is 14.8 Å². The highest BCUT2D eigenvalue weighted by Gasteiger charge is 2.23. The van der Waals surface area contributed by atoms with Crippen molar-refractivity contribution in [1.29, 1.82) is 0 Å². The van der Waals surface area contributed by atoms with Crippen LogP contribution in [0.5, 0.6) is 5.75 Å². The van der Waals surface area contributed by atoms with E-state index in [2.05, 4.69) is 26.1 Å². The second-order valence-corrected chi connectivity index (χ2v) is 9.51. The van der Waals surface area contributed by atoms with Crippen LogP contribution in [0.3, 0.4) is 0 Å². The Morgan fingerprint density at radius 3 is 2.28 bits per heavy atom. The molecule has 0 radical (unpaired) electrons. The number of ether oxygens (including phenoxy) is 2. The monoisotopic (exact) mass is 471 g/mol. The van der Waals surface area contributed by atoms with E-state index in [9.17, 15) is 9.59 Å². The molecule has 3 aromatic rings. The van der Waals surface area contributed by atoms with Crippen LogP contribution in [0.15, 0.2) is 53.9 Å². The molecule has 1 aromatic heterocycles. The standard InChI is InChI=1S/C25H26ClNO4S/c1-5-30-24(29)22-20(16-6-10-18(26)11-7-16)15-32-23(22)27-21(28)14-31-19-12-8-17(9-13-19)25(2,3)4/h6-13,15H,5,14H2,1-4H3,(H,27,28). The number of nitrogens with one attached hydrogen (secondary N) is 1. The minimum Gasteiger partial charge on any atom is -0.484 e. The van der Waals surface area contributed by atoms with Gasteiger partial charge in [0, 0.05) is 16.0 Å². The fourth-order valence-electron chi connectivity index (χ4n) is 3.06. The maximum atomic E-state index is 12.6. The quantitative estimate of drug-likeness (QED) is 0.396. The first-order chi connectivity index (χ1) is 15.2. The van der Waals surface area contributed by atoms with Gasteiger partial charge in [-0.05, 0) is 47.7 Å². The molecule has 168 valence electrons. The smallest absolute Gasteiger partial charge is 0.341 e. The van der Waals surface area contributed by atoms with Gasteiger partial charge in [0.05, 0.1) is 6.61 Å². The number of hydrogen-bond donors (Lipinski definition) is 1. The van der Waals surface area contributed by atoms with Crippen LogP contribution in [0.4, 0.5) is 5.00 Å². The third-order valence-electron chi connectivity index (χ3n) is 4.77. The molecule has 32 heavy (non-hydrogen) atoms. The fraction of sp³-hybridized carbons (Fsp3) is 0.280. The van der Waals surface area contributed by atoms with Crippen LogP contribution in [0, 0.1) is 0 Å². The molecule has 0 saturated heterocycles. The van der Waals surface area contributed by atoms with Crippen LogP contribution in [-0.2, 0) is 14.9 Å². The summed E-state index contributed by atoms with van der Waals surface area (Å²) in [7, 11) is 0. The summed E-state index contributed by atoms with van der Waals surface area (Å²) in [4.78, 5) is 25.2. The number of carbonyl (C=O) groups excluding carboxylic acids is 2. The molecule has 1 heterocycles. The number of halogens is 1. The molecule has 0 aliphatic rings. The summed E-state index contributed by atoms with van der Waals surface area (Å²) in [6, 6.07) is 14.8. The van der Waals surface area contributed by atoms with Crippen LogP contribution in [0.1, 0.15) is 43.6 Å². The summed E-state index contributed by atoms with van der Waals surface area (Å²) in [5.74, 6) is -0.251. The van der Waals surface area contributed by atoms with E-state index in [4.69, 9.17) is 21.1 Å². The molecule has 0 spiro atoms. The molecule has 0 unspecified atom stereocenters. The van der Waals surface area contributed by atoms with Crippen molar-refractivity contribution in [3.63, 3.8) is 0 Å². The highest BCUT2D eigenvalue weighted by molar-refractivity contribution is 7.15. The Morgan fingerprint density at radius 2 is 1.69 bits per heavy atom. The van der Waals surface area contributed by atoms with Crippen molar-refractivity contribution >= 4 is 39.8 Å². The Kier molecular flexibility index (Phi) is 7.59. The fourth-order valence-corrected chi connectivity index (χ4v) is 4.16. The van der Waals surface area contributed by atoms with Gasteiger partial charge in [-0.2, -0.15) is 0 Å². The van der Waals surface area contributed by atoms with Gasteiger partial charge in [-0.3, -0.25) is 4.79 Å². The van der Waals surface area contributed by atoms with E-state index in [-0.39, 0.29) is 24.5 Å². The molecular weight excluding hydrogens is 446 g/mol. The molecule has 0 atom stereocenters. The number of rotatable bonds is 7. The largest absolute Gasteiger partial charge is 0.484 e. The number of thiophene rings is 1. The van der Waals surface area contributed by atoms with Crippen molar-refractivity contribution in [2.45, 2.75) is 33.1 Å². The lowest BCUT2D eigenvalue weighted by Gasteiger charge is -2.19. The van der Waals surface area contributed by atoms with Gasteiger partial charge in [0.15, 0.2) is 6.61 Å². The van der Waals surface area contributed by atoms with Crippen LogP contribution < -0.4 is 10.1 Å². The third kappa shape index (κ3) is 5.90. The summed E-state index contributed by atoms with van der Waals surface area (Å²) in [5.41, 5.74) is 3.03. The second-order valence-electron chi connectivity index (χ2n) is 8.19. The maximum Gasteiger partial charge on any atom is 0.341 e. The molecule has 1 N–H and O–H groups in total. The van der Waals surface area contributed by atoms with E-state index in [1.165, 1.54) is 16.9 Å². The molecule has 3 rings (SSSR count). The zero-order valence-electron chi connectivity index (χ0n) is 18.5. The molecule has 0 aliphatic heterocycles. The predicted molar refractivity (Wildman–Crippen MR) is 130 cm³/mol. The topological polar surface area (TPSA) is 64.6 Å². The average Bonchev–Trinajstić information content (AvgIpc) is 3.16. The lowest BCUT2D eigenvalue weighted by Crippen LogP contribution is -2.21. The van der Waals surface area contributed by atoms with Gasteiger partial charge in [0.25, 0.3) is 5.91 Å². The average molecular weight is 472 g/mol. The van der Waals surface area contributed by atoms with Crippen molar-refractivity contribution in [3.05, 3.63) is 70.1 Å².